The van der Waals surface area contributed by atoms with E-state index in [-0.39, 0.29) is 5.91 Å². The number of ether oxygens (including phenoxy) is 2. The number of nitrogens with one attached hydrogen (secondary N) is 1. The number of para-hydroxylation sites is 2. The highest BCUT2D eigenvalue weighted by Gasteiger charge is 2.16. The van der Waals surface area contributed by atoms with E-state index < -0.39 is 0 Å². The molecular formula is C19H20N4O3. The normalized spacial score (nSPS) is 10.5. The minimum Gasteiger partial charge on any atom is -0.497 e. The van der Waals surface area contributed by atoms with E-state index in [1.165, 1.54) is 7.11 Å². The molecule has 1 aromatic heterocycles. The van der Waals surface area contributed by atoms with E-state index >= 15 is 0 Å². The number of rotatable bonds is 5. The Morgan fingerprint density at radius 2 is 1.85 bits per heavy atom. The van der Waals surface area contributed by atoms with Crippen LogP contribution in [0.15, 0.2) is 42.5 Å². The van der Waals surface area contributed by atoms with E-state index in [0.717, 1.165) is 11.5 Å². The first-order valence-electron chi connectivity index (χ1n) is 8.06. The Balaban J connectivity index is 1.95. The van der Waals surface area contributed by atoms with Gasteiger partial charge < -0.3 is 14.8 Å². The summed E-state index contributed by atoms with van der Waals surface area (Å²) >= 11 is 0. The smallest absolute Gasteiger partial charge is 0.259 e. The Bertz CT molecular complexity index is 950. The third-order valence-corrected chi connectivity index (χ3v) is 3.91. The first kappa shape index (κ1) is 17.5. The summed E-state index contributed by atoms with van der Waals surface area (Å²) in [4.78, 5) is 17.1. The van der Waals surface area contributed by atoms with Gasteiger partial charge in [-0.15, -0.1) is 0 Å². The lowest BCUT2D eigenvalue weighted by Crippen LogP contribution is -2.15. The van der Waals surface area contributed by atoms with Crippen LogP contribution in [0.25, 0.3) is 5.69 Å². The molecule has 0 aliphatic carbocycles. The van der Waals surface area contributed by atoms with E-state index in [2.05, 4.69) is 15.4 Å². The molecule has 0 bridgehead atoms. The SMILES string of the molecule is COc1ccc(C(=O)Nc2ccccc2-n2nc(C)nc2C)c(OC)c1. The van der Waals surface area contributed by atoms with E-state index in [1.54, 1.807) is 30.0 Å². The molecule has 0 aliphatic rings. The molecule has 0 radical (unpaired) electrons. The monoisotopic (exact) mass is 352 g/mol. The van der Waals surface area contributed by atoms with Gasteiger partial charge in [-0.1, -0.05) is 12.1 Å². The van der Waals surface area contributed by atoms with Crippen molar-refractivity contribution in [2.45, 2.75) is 13.8 Å². The van der Waals surface area contributed by atoms with Gasteiger partial charge in [0.05, 0.1) is 31.2 Å². The Kier molecular flexibility index (Phi) is 4.88. The number of hydrogen-bond acceptors (Lipinski definition) is 5. The Labute approximate surface area is 151 Å². The molecule has 1 N–H and O–H groups in total. The number of carbonyl (C=O) groups excluding carboxylic acids is 1. The molecule has 0 aliphatic heterocycles. The number of amides is 1. The summed E-state index contributed by atoms with van der Waals surface area (Å²) in [6.45, 7) is 3.69. The summed E-state index contributed by atoms with van der Waals surface area (Å²) in [5.74, 6) is 2.18. The molecule has 26 heavy (non-hydrogen) atoms. The molecule has 1 heterocycles. The number of nitrogens with zero attached hydrogens (tertiary/aromatic N) is 3. The van der Waals surface area contributed by atoms with Crippen LogP contribution in [0.1, 0.15) is 22.0 Å². The van der Waals surface area contributed by atoms with Crippen molar-refractivity contribution in [1.29, 1.82) is 0 Å². The first-order valence-corrected chi connectivity index (χ1v) is 8.06. The van der Waals surface area contributed by atoms with Crippen LogP contribution in [0.2, 0.25) is 0 Å². The summed E-state index contributed by atoms with van der Waals surface area (Å²) in [6.07, 6.45) is 0. The molecule has 0 spiro atoms. The average Bonchev–Trinajstić information content (AvgIpc) is 2.99. The number of aromatic nitrogens is 3. The standard InChI is InChI=1S/C19H20N4O3/c1-12-20-13(2)23(22-12)17-8-6-5-7-16(17)21-19(24)15-10-9-14(25-3)11-18(15)26-4/h5-11H,1-4H3,(H,21,24). The zero-order chi connectivity index (χ0) is 18.7. The third-order valence-electron chi connectivity index (χ3n) is 3.91. The molecule has 1 amide bonds. The van der Waals surface area contributed by atoms with Gasteiger partial charge >= 0.3 is 0 Å². The van der Waals surface area contributed by atoms with Gasteiger partial charge in [0.2, 0.25) is 0 Å². The van der Waals surface area contributed by atoms with Crippen LogP contribution >= 0.6 is 0 Å². The van der Waals surface area contributed by atoms with Gasteiger partial charge in [-0.2, -0.15) is 5.10 Å². The van der Waals surface area contributed by atoms with Crippen LogP contribution < -0.4 is 14.8 Å². The van der Waals surface area contributed by atoms with Crippen molar-refractivity contribution in [3.05, 3.63) is 59.7 Å². The van der Waals surface area contributed by atoms with Crippen LogP contribution in [0.5, 0.6) is 11.5 Å². The fourth-order valence-electron chi connectivity index (χ4n) is 2.69. The zero-order valence-electron chi connectivity index (χ0n) is 15.1. The van der Waals surface area contributed by atoms with E-state index in [9.17, 15) is 4.79 Å². The second-order valence-corrected chi connectivity index (χ2v) is 5.66. The topological polar surface area (TPSA) is 78.3 Å². The first-order chi connectivity index (χ1) is 12.5. The van der Waals surface area contributed by atoms with Gasteiger partial charge in [-0.3, -0.25) is 4.79 Å². The molecule has 0 saturated carbocycles. The third kappa shape index (κ3) is 3.37. The maximum Gasteiger partial charge on any atom is 0.259 e. The number of benzene rings is 2. The van der Waals surface area contributed by atoms with Crippen molar-refractivity contribution in [2.75, 3.05) is 19.5 Å². The maximum atomic E-state index is 12.8. The highest BCUT2D eigenvalue weighted by atomic mass is 16.5. The molecule has 3 aromatic rings. The fourth-order valence-corrected chi connectivity index (χ4v) is 2.69. The van der Waals surface area contributed by atoms with Crippen molar-refractivity contribution in [2.24, 2.45) is 0 Å². The Morgan fingerprint density at radius 3 is 2.50 bits per heavy atom. The molecule has 134 valence electrons. The van der Waals surface area contributed by atoms with E-state index in [1.807, 2.05) is 38.1 Å². The molecule has 0 saturated heterocycles. The van der Waals surface area contributed by atoms with E-state index in [0.29, 0.717) is 28.6 Å². The molecular weight excluding hydrogens is 332 g/mol. The molecule has 0 fully saturated rings. The van der Waals surface area contributed by atoms with Crippen LogP contribution in [0, 0.1) is 13.8 Å². The van der Waals surface area contributed by atoms with Gasteiger partial charge in [0, 0.05) is 6.07 Å². The summed E-state index contributed by atoms with van der Waals surface area (Å²) in [5.41, 5.74) is 1.78. The number of anilines is 1. The summed E-state index contributed by atoms with van der Waals surface area (Å²) in [7, 11) is 3.08. The fraction of sp³-hybridized carbons (Fsp3) is 0.211. The van der Waals surface area contributed by atoms with E-state index in [4.69, 9.17) is 9.47 Å². The van der Waals surface area contributed by atoms with Crippen molar-refractivity contribution < 1.29 is 14.3 Å². The predicted octanol–water partition coefficient (Wildman–Crippen LogP) is 3.15. The van der Waals surface area contributed by atoms with Crippen molar-refractivity contribution >= 4 is 11.6 Å². The Morgan fingerprint density at radius 1 is 1.08 bits per heavy atom. The molecule has 3 rings (SSSR count). The second-order valence-electron chi connectivity index (χ2n) is 5.66. The minimum absolute atomic E-state index is 0.286. The highest BCUT2D eigenvalue weighted by Crippen LogP contribution is 2.27. The van der Waals surface area contributed by atoms with Crippen molar-refractivity contribution in [3.8, 4) is 17.2 Å². The summed E-state index contributed by atoms with van der Waals surface area (Å²) < 4.78 is 12.2. The summed E-state index contributed by atoms with van der Waals surface area (Å²) in [6, 6.07) is 12.5. The zero-order valence-corrected chi connectivity index (χ0v) is 15.1. The number of carbonyl (C=O) groups is 1. The van der Waals surface area contributed by atoms with Gasteiger partial charge in [-0.05, 0) is 38.1 Å². The van der Waals surface area contributed by atoms with Gasteiger partial charge in [-0.25, -0.2) is 9.67 Å². The molecule has 0 unspecified atom stereocenters. The maximum absolute atomic E-state index is 12.8. The average molecular weight is 352 g/mol. The van der Waals surface area contributed by atoms with Crippen LogP contribution in [0.4, 0.5) is 5.69 Å². The van der Waals surface area contributed by atoms with Crippen LogP contribution in [-0.2, 0) is 0 Å². The lowest BCUT2D eigenvalue weighted by atomic mass is 10.1. The second kappa shape index (κ2) is 7.26. The Hall–Kier alpha value is -3.35. The molecule has 2 aromatic carbocycles. The highest BCUT2D eigenvalue weighted by molar-refractivity contribution is 6.07. The van der Waals surface area contributed by atoms with Crippen molar-refractivity contribution in [3.63, 3.8) is 0 Å². The number of methoxy groups -OCH3 is 2. The van der Waals surface area contributed by atoms with Gasteiger partial charge in [0.1, 0.15) is 23.1 Å². The van der Waals surface area contributed by atoms with Crippen LogP contribution in [-0.4, -0.2) is 34.9 Å². The number of aryl methyl sites for hydroxylation is 2. The molecule has 7 heteroatoms. The molecule has 7 nitrogen and oxygen atoms in total. The van der Waals surface area contributed by atoms with Gasteiger partial charge in [0.25, 0.3) is 5.91 Å². The summed E-state index contributed by atoms with van der Waals surface area (Å²) in [5, 5.41) is 7.32. The van der Waals surface area contributed by atoms with Crippen LogP contribution in [0.3, 0.4) is 0 Å². The number of hydrogen-bond donors (Lipinski definition) is 1. The van der Waals surface area contributed by atoms with Crippen molar-refractivity contribution in [1.82, 2.24) is 14.8 Å². The van der Waals surface area contributed by atoms with Gasteiger partial charge in [0.15, 0.2) is 0 Å². The minimum atomic E-state index is -0.286. The lowest BCUT2D eigenvalue weighted by Gasteiger charge is -2.14. The molecule has 0 atom stereocenters. The largest absolute Gasteiger partial charge is 0.497 e. The lowest BCUT2D eigenvalue weighted by molar-refractivity contribution is 0.102. The predicted molar refractivity (Wildman–Crippen MR) is 98.3 cm³/mol. The quantitative estimate of drug-likeness (QED) is 0.763.